The van der Waals surface area contributed by atoms with Crippen LogP contribution in [0.15, 0.2) is 22.8 Å². The molecule has 0 radical (unpaired) electrons. The molecule has 0 aliphatic carbocycles. The highest BCUT2D eigenvalue weighted by Crippen LogP contribution is 2.25. The minimum Gasteiger partial charge on any atom is -0.487 e. The third-order valence-corrected chi connectivity index (χ3v) is 3.37. The van der Waals surface area contributed by atoms with Gasteiger partial charge >= 0.3 is 0 Å². The van der Waals surface area contributed by atoms with Crippen molar-refractivity contribution in [2.45, 2.75) is 39.3 Å². The van der Waals surface area contributed by atoms with E-state index in [-0.39, 0.29) is 6.04 Å². The Hall–Kier alpha value is -1.59. The summed E-state index contributed by atoms with van der Waals surface area (Å²) in [4.78, 5) is 0. The molecule has 0 amide bonds. The fourth-order valence-corrected chi connectivity index (χ4v) is 2.00. The van der Waals surface area contributed by atoms with Gasteiger partial charge in [0.25, 0.3) is 0 Å². The molecule has 0 bridgehead atoms. The van der Waals surface area contributed by atoms with Crippen LogP contribution in [0.4, 0.5) is 0 Å². The summed E-state index contributed by atoms with van der Waals surface area (Å²) in [6, 6.07) is 5.63. The van der Waals surface area contributed by atoms with E-state index in [1.165, 1.54) is 0 Å². The van der Waals surface area contributed by atoms with Crippen LogP contribution in [-0.2, 0) is 13.0 Å². The van der Waals surface area contributed by atoms with E-state index < -0.39 is 0 Å². The average molecular weight is 296 g/mol. The van der Waals surface area contributed by atoms with Crippen molar-refractivity contribution >= 4 is 11.6 Å². The Kier molecular flexibility index (Phi) is 4.98. The van der Waals surface area contributed by atoms with Gasteiger partial charge in [0.15, 0.2) is 0 Å². The second kappa shape index (κ2) is 6.72. The molecular weight excluding hydrogens is 278 g/mol. The van der Waals surface area contributed by atoms with Crippen molar-refractivity contribution in [3.05, 3.63) is 40.2 Å². The lowest BCUT2D eigenvalue weighted by atomic mass is 10.0. The van der Waals surface area contributed by atoms with E-state index in [1.807, 2.05) is 19.1 Å². The molecule has 1 heterocycles. The number of aryl methyl sites for hydroxylation is 1. The Balaban J connectivity index is 2.12. The van der Waals surface area contributed by atoms with Crippen molar-refractivity contribution in [3.8, 4) is 5.75 Å². The second-order valence-electron chi connectivity index (χ2n) is 4.71. The van der Waals surface area contributed by atoms with E-state index in [4.69, 9.17) is 22.1 Å². The monoisotopic (exact) mass is 295 g/mol. The number of rotatable bonds is 6. The van der Waals surface area contributed by atoms with Gasteiger partial charge in [0.05, 0.1) is 0 Å². The molecule has 1 unspecified atom stereocenters. The topological polar surface area (TPSA) is 74.2 Å². The van der Waals surface area contributed by atoms with Crippen LogP contribution in [-0.4, -0.2) is 16.4 Å². The number of hydrogen-bond acceptors (Lipinski definition) is 5. The second-order valence-corrected chi connectivity index (χ2v) is 5.15. The first-order valence-corrected chi connectivity index (χ1v) is 6.92. The molecule has 0 aliphatic rings. The zero-order valence-corrected chi connectivity index (χ0v) is 12.4. The van der Waals surface area contributed by atoms with Crippen LogP contribution in [0, 0.1) is 6.92 Å². The van der Waals surface area contributed by atoms with Gasteiger partial charge in [-0.25, -0.2) is 4.63 Å². The lowest BCUT2D eigenvalue weighted by molar-refractivity contribution is 0.268. The quantitative estimate of drug-likeness (QED) is 0.887. The summed E-state index contributed by atoms with van der Waals surface area (Å²) in [6.45, 7) is 4.19. The molecule has 20 heavy (non-hydrogen) atoms. The first kappa shape index (κ1) is 14.8. The van der Waals surface area contributed by atoms with Crippen LogP contribution in [0.25, 0.3) is 0 Å². The van der Waals surface area contributed by atoms with Crippen molar-refractivity contribution in [3.63, 3.8) is 0 Å². The van der Waals surface area contributed by atoms with E-state index in [0.717, 1.165) is 29.8 Å². The molecule has 1 atom stereocenters. The third kappa shape index (κ3) is 3.71. The van der Waals surface area contributed by atoms with Gasteiger partial charge in [-0.1, -0.05) is 28.8 Å². The molecule has 2 rings (SSSR count). The summed E-state index contributed by atoms with van der Waals surface area (Å²) in [6.07, 6.45) is 1.63. The maximum atomic E-state index is 6.03. The molecule has 1 aromatic carbocycles. The predicted molar refractivity (Wildman–Crippen MR) is 76.8 cm³/mol. The zero-order chi connectivity index (χ0) is 14.5. The van der Waals surface area contributed by atoms with Gasteiger partial charge in [0, 0.05) is 11.1 Å². The molecule has 1 aromatic heterocycles. The van der Waals surface area contributed by atoms with Crippen molar-refractivity contribution in [1.82, 2.24) is 10.3 Å². The van der Waals surface area contributed by atoms with Crippen molar-refractivity contribution in [2.75, 3.05) is 0 Å². The highest BCUT2D eigenvalue weighted by Gasteiger charge is 2.11. The van der Waals surface area contributed by atoms with E-state index in [2.05, 4.69) is 21.9 Å². The first-order valence-electron chi connectivity index (χ1n) is 6.55. The van der Waals surface area contributed by atoms with Gasteiger partial charge < -0.3 is 10.5 Å². The molecule has 108 valence electrons. The SMILES string of the molecule is CCC(N)Cc1cc(Cl)ccc1OCc1nonc1C. The average Bonchev–Trinajstić information content (AvgIpc) is 2.83. The Morgan fingerprint density at radius 3 is 2.85 bits per heavy atom. The zero-order valence-electron chi connectivity index (χ0n) is 11.6. The summed E-state index contributed by atoms with van der Waals surface area (Å²) in [7, 11) is 0. The minimum absolute atomic E-state index is 0.0891. The van der Waals surface area contributed by atoms with Crippen LogP contribution >= 0.6 is 11.6 Å². The number of aromatic nitrogens is 2. The number of benzene rings is 1. The molecule has 0 saturated carbocycles. The summed E-state index contributed by atoms with van der Waals surface area (Å²) in [5.74, 6) is 0.765. The lowest BCUT2D eigenvalue weighted by Gasteiger charge is -2.14. The molecule has 0 fully saturated rings. The van der Waals surface area contributed by atoms with Crippen LogP contribution in [0.1, 0.15) is 30.3 Å². The number of halogens is 1. The van der Waals surface area contributed by atoms with Gasteiger partial charge in [-0.05, 0) is 43.5 Å². The van der Waals surface area contributed by atoms with Crippen LogP contribution in [0.2, 0.25) is 5.02 Å². The summed E-state index contributed by atoms with van der Waals surface area (Å²) in [5, 5.41) is 8.19. The molecule has 2 aromatic rings. The Morgan fingerprint density at radius 1 is 1.40 bits per heavy atom. The fraction of sp³-hybridized carbons (Fsp3) is 0.429. The maximum Gasteiger partial charge on any atom is 0.145 e. The molecule has 6 heteroatoms. The van der Waals surface area contributed by atoms with Crippen molar-refractivity contribution in [2.24, 2.45) is 5.73 Å². The highest BCUT2D eigenvalue weighted by atomic mass is 35.5. The molecule has 2 N–H and O–H groups in total. The number of nitrogens with zero attached hydrogens (tertiary/aromatic N) is 2. The fourth-order valence-electron chi connectivity index (χ4n) is 1.80. The predicted octanol–water partition coefficient (Wildman–Crippen LogP) is 2.89. The lowest BCUT2D eigenvalue weighted by Crippen LogP contribution is -2.21. The smallest absolute Gasteiger partial charge is 0.145 e. The maximum absolute atomic E-state index is 6.03. The standard InChI is InChI=1S/C14H18ClN3O2/c1-3-12(16)7-10-6-11(15)4-5-14(10)19-8-13-9(2)17-20-18-13/h4-6,12H,3,7-8,16H2,1-2H3. The van der Waals surface area contributed by atoms with Crippen LogP contribution < -0.4 is 10.5 Å². The number of nitrogens with two attached hydrogens (primary N) is 1. The summed E-state index contributed by atoms with van der Waals surface area (Å²) >= 11 is 6.03. The van der Waals surface area contributed by atoms with Gasteiger partial charge in [0.2, 0.25) is 0 Å². The first-order chi connectivity index (χ1) is 9.60. The van der Waals surface area contributed by atoms with E-state index in [0.29, 0.717) is 17.3 Å². The normalized spacial score (nSPS) is 12.4. The molecule has 5 nitrogen and oxygen atoms in total. The number of ether oxygens (including phenoxy) is 1. The summed E-state index contributed by atoms with van der Waals surface area (Å²) in [5.41, 5.74) is 8.42. The number of hydrogen-bond donors (Lipinski definition) is 1. The van der Waals surface area contributed by atoms with Crippen molar-refractivity contribution in [1.29, 1.82) is 0 Å². The largest absolute Gasteiger partial charge is 0.487 e. The van der Waals surface area contributed by atoms with E-state index >= 15 is 0 Å². The molecule has 0 aliphatic heterocycles. The van der Waals surface area contributed by atoms with Crippen molar-refractivity contribution < 1.29 is 9.37 Å². The Bertz CT molecular complexity index is 571. The van der Waals surface area contributed by atoms with Crippen LogP contribution in [0.3, 0.4) is 0 Å². The molecule has 0 saturated heterocycles. The van der Waals surface area contributed by atoms with Crippen LogP contribution in [0.5, 0.6) is 5.75 Å². The Labute approximate surface area is 123 Å². The summed E-state index contributed by atoms with van der Waals surface area (Å²) < 4.78 is 10.4. The van der Waals surface area contributed by atoms with E-state index in [9.17, 15) is 0 Å². The highest BCUT2D eigenvalue weighted by molar-refractivity contribution is 6.30. The van der Waals surface area contributed by atoms with Gasteiger partial charge in [-0.15, -0.1) is 0 Å². The van der Waals surface area contributed by atoms with Gasteiger partial charge in [-0.2, -0.15) is 0 Å². The van der Waals surface area contributed by atoms with Gasteiger partial charge in [0.1, 0.15) is 23.7 Å². The molecule has 0 spiro atoms. The minimum atomic E-state index is 0.0891. The van der Waals surface area contributed by atoms with Gasteiger partial charge in [-0.3, -0.25) is 0 Å². The Morgan fingerprint density at radius 2 is 2.20 bits per heavy atom. The van der Waals surface area contributed by atoms with E-state index in [1.54, 1.807) is 6.07 Å². The molecular formula is C14H18ClN3O2. The third-order valence-electron chi connectivity index (χ3n) is 3.14.